The molecule has 0 saturated carbocycles. The molecular weight excluding hydrogens is 298 g/mol. The van der Waals surface area contributed by atoms with Crippen LogP contribution in [0.15, 0.2) is 48.1 Å². The third-order valence-corrected chi connectivity index (χ3v) is 3.21. The van der Waals surface area contributed by atoms with E-state index >= 15 is 0 Å². The van der Waals surface area contributed by atoms with Gasteiger partial charge < -0.3 is 14.9 Å². The van der Waals surface area contributed by atoms with Gasteiger partial charge in [-0.05, 0) is 30.2 Å². The number of ether oxygens (including phenoxy) is 1. The van der Waals surface area contributed by atoms with Crippen LogP contribution >= 0.6 is 0 Å². The molecule has 0 fully saturated rings. The van der Waals surface area contributed by atoms with Crippen LogP contribution in [0.2, 0.25) is 0 Å². The van der Waals surface area contributed by atoms with Gasteiger partial charge in [0.15, 0.2) is 0 Å². The summed E-state index contributed by atoms with van der Waals surface area (Å²) in [6, 6.07) is 7.01. The number of hydrogen-bond donors (Lipinski definition) is 4. The molecule has 0 unspecified atom stereocenters. The fraction of sp³-hybridized carbons (Fsp3) is 0.353. The lowest BCUT2D eigenvalue weighted by atomic mass is 9.96. The Kier molecular flexibility index (Phi) is 8.04. The van der Waals surface area contributed by atoms with Gasteiger partial charge in [0.05, 0.1) is 12.7 Å². The van der Waals surface area contributed by atoms with Crippen LogP contribution in [0.5, 0.6) is 5.75 Å². The zero-order valence-corrected chi connectivity index (χ0v) is 13.3. The third-order valence-electron chi connectivity index (χ3n) is 3.21. The topological polar surface area (TPSA) is 99.0 Å². The Labute approximate surface area is 135 Å². The van der Waals surface area contributed by atoms with E-state index < -0.39 is 12.0 Å². The summed E-state index contributed by atoms with van der Waals surface area (Å²) in [7, 11) is 0. The maximum atomic E-state index is 11.0. The molecule has 23 heavy (non-hydrogen) atoms. The molecule has 1 rings (SSSR count). The van der Waals surface area contributed by atoms with E-state index in [2.05, 4.69) is 0 Å². The molecule has 0 aliphatic rings. The van der Waals surface area contributed by atoms with Crippen molar-refractivity contribution in [1.29, 1.82) is 0 Å². The van der Waals surface area contributed by atoms with Crippen molar-refractivity contribution in [1.82, 2.24) is 5.48 Å². The number of hydroxylamine groups is 1. The minimum atomic E-state index is -0.697. The van der Waals surface area contributed by atoms with Crippen LogP contribution in [0.3, 0.4) is 0 Å². The Balaban J connectivity index is 2.67. The standard InChI is InChI=1S/C17H23NO5/c1-12(11-16(20)18-22)3-4-13(2)17(21)14-5-7-15(8-6-14)23-10-9-19/h3-8,11,13,17,19,21-22H,9-10H2,1-2H3,(H,18,20)/b4-3+,12-11+/t13-,17-/m0/s1. The lowest BCUT2D eigenvalue weighted by Gasteiger charge is -2.16. The van der Waals surface area contributed by atoms with Crippen LogP contribution in [0.25, 0.3) is 0 Å². The van der Waals surface area contributed by atoms with E-state index in [0.29, 0.717) is 11.3 Å². The molecule has 1 aromatic rings. The van der Waals surface area contributed by atoms with Crippen molar-refractivity contribution in [2.45, 2.75) is 20.0 Å². The van der Waals surface area contributed by atoms with Crippen LogP contribution in [0.1, 0.15) is 25.5 Å². The summed E-state index contributed by atoms with van der Waals surface area (Å²) in [6.45, 7) is 3.76. The van der Waals surface area contributed by atoms with Gasteiger partial charge in [0.25, 0.3) is 5.91 Å². The summed E-state index contributed by atoms with van der Waals surface area (Å²) in [5.41, 5.74) is 2.93. The van der Waals surface area contributed by atoms with E-state index in [1.165, 1.54) is 11.6 Å². The lowest BCUT2D eigenvalue weighted by Crippen LogP contribution is -2.15. The van der Waals surface area contributed by atoms with E-state index in [9.17, 15) is 9.90 Å². The quantitative estimate of drug-likeness (QED) is 0.253. The van der Waals surface area contributed by atoms with Crippen molar-refractivity contribution in [3.05, 3.63) is 53.6 Å². The molecule has 0 saturated heterocycles. The molecule has 6 heteroatoms. The van der Waals surface area contributed by atoms with Crippen LogP contribution in [-0.2, 0) is 4.79 Å². The summed E-state index contributed by atoms with van der Waals surface area (Å²) in [5.74, 6) is -0.134. The summed E-state index contributed by atoms with van der Waals surface area (Å²) in [4.78, 5) is 11.0. The number of carbonyl (C=O) groups is 1. The first-order valence-corrected chi connectivity index (χ1v) is 7.30. The highest BCUT2D eigenvalue weighted by Crippen LogP contribution is 2.25. The van der Waals surface area contributed by atoms with Crippen molar-refractivity contribution in [3.8, 4) is 5.75 Å². The highest BCUT2D eigenvalue weighted by Gasteiger charge is 2.13. The van der Waals surface area contributed by atoms with Gasteiger partial charge in [0, 0.05) is 12.0 Å². The van der Waals surface area contributed by atoms with Gasteiger partial charge in [-0.2, -0.15) is 0 Å². The van der Waals surface area contributed by atoms with Crippen LogP contribution in [-0.4, -0.2) is 34.5 Å². The van der Waals surface area contributed by atoms with Gasteiger partial charge >= 0.3 is 0 Å². The van der Waals surface area contributed by atoms with Crippen molar-refractivity contribution in [2.75, 3.05) is 13.2 Å². The Bertz CT molecular complexity index is 551. The summed E-state index contributed by atoms with van der Waals surface area (Å²) in [6.07, 6.45) is 4.06. The Morgan fingerprint density at radius 2 is 2.00 bits per heavy atom. The van der Waals surface area contributed by atoms with E-state index in [1.807, 2.05) is 6.92 Å². The van der Waals surface area contributed by atoms with Crippen LogP contribution in [0.4, 0.5) is 0 Å². The first-order chi connectivity index (χ1) is 11.0. The van der Waals surface area contributed by atoms with Crippen molar-refractivity contribution in [3.63, 3.8) is 0 Å². The van der Waals surface area contributed by atoms with Gasteiger partial charge in [0.1, 0.15) is 12.4 Å². The average Bonchev–Trinajstić information content (AvgIpc) is 2.57. The molecule has 1 aromatic carbocycles. The predicted octanol–water partition coefficient (Wildman–Crippen LogP) is 1.74. The first-order valence-electron chi connectivity index (χ1n) is 7.30. The molecule has 1 amide bonds. The maximum Gasteiger partial charge on any atom is 0.267 e. The van der Waals surface area contributed by atoms with Gasteiger partial charge in [-0.25, -0.2) is 5.48 Å². The number of amides is 1. The van der Waals surface area contributed by atoms with Crippen LogP contribution in [0, 0.1) is 5.92 Å². The molecule has 4 N–H and O–H groups in total. The number of aliphatic hydroxyl groups is 2. The normalized spacial score (nSPS) is 14.6. The molecule has 0 aliphatic carbocycles. The minimum absolute atomic E-state index is 0.0482. The molecular formula is C17H23NO5. The predicted molar refractivity (Wildman–Crippen MR) is 86.0 cm³/mol. The van der Waals surface area contributed by atoms with E-state index in [4.69, 9.17) is 15.1 Å². The first kappa shape index (κ1) is 18.9. The Hall–Kier alpha value is -2.15. The van der Waals surface area contributed by atoms with Gasteiger partial charge in [-0.1, -0.05) is 31.2 Å². The zero-order valence-electron chi connectivity index (χ0n) is 13.3. The minimum Gasteiger partial charge on any atom is -0.491 e. The second-order valence-corrected chi connectivity index (χ2v) is 5.17. The third kappa shape index (κ3) is 6.65. The summed E-state index contributed by atoms with van der Waals surface area (Å²) in [5, 5.41) is 27.5. The highest BCUT2D eigenvalue weighted by atomic mass is 16.5. The fourth-order valence-electron chi connectivity index (χ4n) is 1.92. The van der Waals surface area contributed by atoms with Gasteiger partial charge in [-0.15, -0.1) is 0 Å². The van der Waals surface area contributed by atoms with Crippen LogP contribution < -0.4 is 10.2 Å². The van der Waals surface area contributed by atoms with E-state index in [-0.39, 0.29) is 19.1 Å². The fourth-order valence-corrected chi connectivity index (χ4v) is 1.92. The Morgan fingerprint density at radius 1 is 1.35 bits per heavy atom. The highest BCUT2D eigenvalue weighted by molar-refractivity contribution is 5.87. The number of hydrogen-bond acceptors (Lipinski definition) is 5. The second-order valence-electron chi connectivity index (χ2n) is 5.17. The molecule has 6 nitrogen and oxygen atoms in total. The zero-order chi connectivity index (χ0) is 17.2. The molecule has 0 heterocycles. The summed E-state index contributed by atoms with van der Waals surface area (Å²) >= 11 is 0. The molecule has 0 radical (unpaired) electrons. The number of nitrogens with one attached hydrogen (secondary N) is 1. The summed E-state index contributed by atoms with van der Waals surface area (Å²) < 4.78 is 5.27. The SMILES string of the molecule is CC(/C=C/[C@H](C)[C@H](O)c1ccc(OCCO)cc1)=C\C(=O)NO. The number of allylic oxidation sites excluding steroid dienone is 2. The molecule has 0 bridgehead atoms. The molecule has 126 valence electrons. The monoisotopic (exact) mass is 321 g/mol. The van der Waals surface area contributed by atoms with Gasteiger partial charge in [0.2, 0.25) is 0 Å². The lowest BCUT2D eigenvalue weighted by molar-refractivity contribution is -0.124. The van der Waals surface area contributed by atoms with E-state index in [0.717, 1.165) is 5.56 Å². The van der Waals surface area contributed by atoms with Crippen molar-refractivity contribution < 1.29 is 25.0 Å². The number of carbonyl (C=O) groups excluding carboxylic acids is 1. The number of aliphatic hydroxyl groups excluding tert-OH is 2. The second kappa shape index (κ2) is 9.78. The maximum absolute atomic E-state index is 11.0. The number of benzene rings is 1. The largest absolute Gasteiger partial charge is 0.491 e. The smallest absolute Gasteiger partial charge is 0.267 e. The van der Waals surface area contributed by atoms with Crippen molar-refractivity contribution >= 4 is 5.91 Å². The number of rotatable bonds is 8. The Morgan fingerprint density at radius 3 is 2.57 bits per heavy atom. The molecule has 2 atom stereocenters. The van der Waals surface area contributed by atoms with Crippen molar-refractivity contribution in [2.24, 2.45) is 5.92 Å². The molecule has 0 aliphatic heterocycles. The van der Waals surface area contributed by atoms with Gasteiger partial charge in [-0.3, -0.25) is 10.0 Å². The molecule has 0 aromatic heterocycles. The van der Waals surface area contributed by atoms with E-state index in [1.54, 1.807) is 43.3 Å². The molecule has 0 spiro atoms. The average molecular weight is 321 g/mol.